The van der Waals surface area contributed by atoms with Gasteiger partial charge in [-0.2, -0.15) is 4.98 Å². The molecule has 2 aromatic heterocycles. The molecule has 0 bridgehead atoms. The SMILES string of the molecule is COc1ccc(C(=O)Nc2n[nH]c(C)n2)cn1. The van der Waals surface area contributed by atoms with Gasteiger partial charge < -0.3 is 4.74 Å². The highest BCUT2D eigenvalue weighted by Gasteiger charge is 2.09. The minimum absolute atomic E-state index is 0.239. The number of ether oxygens (including phenoxy) is 1. The number of nitrogens with zero attached hydrogens (tertiary/aromatic N) is 3. The molecule has 2 aromatic rings. The molecule has 0 fully saturated rings. The zero-order valence-electron chi connectivity index (χ0n) is 9.39. The number of aromatic amines is 1. The standard InChI is InChI=1S/C10H11N5O2/c1-6-12-10(15-14-6)13-9(16)7-3-4-8(17-2)11-5-7/h3-5H,1-2H3,(H2,12,13,14,15,16). The van der Waals surface area contributed by atoms with Crippen molar-refractivity contribution in [1.82, 2.24) is 20.2 Å². The molecule has 7 heteroatoms. The van der Waals surface area contributed by atoms with Crippen LogP contribution in [0, 0.1) is 6.92 Å². The summed E-state index contributed by atoms with van der Waals surface area (Å²) in [4.78, 5) is 19.6. The molecular weight excluding hydrogens is 222 g/mol. The van der Waals surface area contributed by atoms with E-state index in [4.69, 9.17) is 4.74 Å². The summed E-state index contributed by atoms with van der Waals surface area (Å²) in [5.74, 6) is 1.01. The van der Waals surface area contributed by atoms with Gasteiger partial charge in [0.15, 0.2) is 0 Å². The predicted octanol–water partition coefficient (Wildman–Crippen LogP) is 0.769. The molecule has 0 spiro atoms. The molecule has 2 N–H and O–H groups in total. The van der Waals surface area contributed by atoms with E-state index in [1.165, 1.54) is 13.3 Å². The lowest BCUT2D eigenvalue weighted by atomic mass is 10.3. The molecule has 0 saturated heterocycles. The van der Waals surface area contributed by atoms with E-state index in [1.807, 2.05) is 0 Å². The number of methoxy groups -OCH3 is 1. The molecule has 0 unspecified atom stereocenters. The molecule has 0 aromatic carbocycles. The number of hydrogen-bond donors (Lipinski definition) is 2. The maximum atomic E-state index is 11.7. The molecule has 1 amide bonds. The van der Waals surface area contributed by atoms with Crippen LogP contribution in [0.15, 0.2) is 18.3 Å². The molecule has 0 saturated carbocycles. The number of aryl methyl sites for hydroxylation is 1. The zero-order chi connectivity index (χ0) is 12.3. The van der Waals surface area contributed by atoms with Crippen molar-refractivity contribution in [3.63, 3.8) is 0 Å². The van der Waals surface area contributed by atoms with Crippen LogP contribution in [0.5, 0.6) is 5.88 Å². The third-order valence-electron chi connectivity index (χ3n) is 2.03. The van der Waals surface area contributed by atoms with Crippen LogP contribution in [0.4, 0.5) is 5.95 Å². The molecule has 0 radical (unpaired) electrons. The second kappa shape index (κ2) is 4.60. The van der Waals surface area contributed by atoms with Crippen LogP contribution < -0.4 is 10.1 Å². The Hall–Kier alpha value is -2.44. The summed E-state index contributed by atoms with van der Waals surface area (Å²) in [6.45, 7) is 1.75. The molecule has 0 aliphatic rings. The van der Waals surface area contributed by atoms with Crippen LogP contribution in [0.3, 0.4) is 0 Å². The van der Waals surface area contributed by atoms with Crippen molar-refractivity contribution in [2.24, 2.45) is 0 Å². The lowest BCUT2D eigenvalue weighted by Crippen LogP contribution is -2.13. The van der Waals surface area contributed by atoms with Crippen molar-refractivity contribution >= 4 is 11.9 Å². The summed E-state index contributed by atoms with van der Waals surface area (Å²) < 4.78 is 4.90. The Morgan fingerprint density at radius 2 is 2.29 bits per heavy atom. The van der Waals surface area contributed by atoms with Gasteiger partial charge in [-0.15, -0.1) is 5.10 Å². The molecule has 2 heterocycles. The van der Waals surface area contributed by atoms with Crippen LogP contribution in [0.2, 0.25) is 0 Å². The Balaban J connectivity index is 2.09. The lowest BCUT2D eigenvalue weighted by Gasteiger charge is -2.01. The number of rotatable bonds is 3. The number of amides is 1. The highest BCUT2D eigenvalue weighted by molar-refractivity contribution is 6.03. The Kier molecular flexibility index (Phi) is 2.99. The van der Waals surface area contributed by atoms with E-state index in [1.54, 1.807) is 19.1 Å². The van der Waals surface area contributed by atoms with Crippen molar-refractivity contribution in [3.8, 4) is 5.88 Å². The molecule has 17 heavy (non-hydrogen) atoms. The number of aromatic nitrogens is 4. The van der Waals surface area contributed by atoms with Crippen LogP contribution in [0.25, 0.3) is 0 Å². The topological polar surface area (TPSA) is 92.8 Å². The zero-order valence-corrected chi connectivity index (χ0v) is 9.39. The van der Waals surface area contributed by atoms with Gasteiger partial charge in [-0.1, -0.05) is 0 Å². The number of H-pyrrole nitrogens is 1. The Bertz CT molecular complexity index is 520. The average molecular weight is 233 g/mol. The quantitative estimate of drug-likeness (QED) is 0.816. The third kappa shape index (κ3) is 2.57. The summed E-state index contributed by atoms with van der Waals surface area (Å²) >= 11 is 0. The fraction of sp³-hybridized carbons (Fsp3) is 0.200. The van der Waals surface area contributed by atoms with Gasteiger partial charge in [-0.3, -0.25) is 15.2 Å². The monoisotopic (exact) mass is 233 g/mol. The maximum absolute atomic E-state index is 11.7. The highest BCUT2D eigenvalue weighted by Crippen LogP contribution is 2.08. The number of hydrogen-bond acceptors (Lipinski definition) is 5. The van der Waals surface area contributed by atoms with Gasteiger partial charge in [0.25, 0.3) is 5.91 Å². The largest absolute Gasteiger partial charge is 0.481 e. The molecule has 2 rings (SSSR count). The van der Waals surface area contributed by atoms with E-state index in [0.29, 0.717) is 17.3 Å². The highest BCUT2D eigenvalue weighted by atomic mass is 16.5. The van der Waals surface area contributed by atoms with Crippen LogP contribution in [0.1, 0.15) is 16.2 Å². The number of pyridine rings is 1. The van der Waals surface area contributed by atoms with E-state index in [2.05, 4.69) is 25.5 Å². The summed E-state index contributed by atoms with van der Waals surface area (Å²) in [5, 5.41) is 8.98. The lowest BCUT2D eigenvalue weighted by molar-refractivity contribution is 0.102. The van der Waals surface area contributed by atoms with E-state index in [0.717, 1.165) is 0 Å². The minimum atomic E-state index is -0.320. The molecule has 0 atom stereocenters. The van der Waals surface area contributed by atoms with E-state index < -0.39 is 0 Å². The van der Waals surface area contributed by atoms with Crippen molar-refractivity contribution in [3.05, 3.63) is 29.7 Å². The third-order valence-corrected chi connectivity index (χ3v) is 2.03. The summed E-state index contributed by atoms with van der Waals surface area (Å²) in [7, 11) is 1.51. The van der Waals surface area contributed by atoms with Crippen molar-refractivity contribution in [2.75, 3.05) is 12.4 Å². The molecular formula is C10H11N5O2. The van der Waals surface area contributed by atoms with E-state index in [-0.39, 0.29) is 11.9 Å². The minimum Gasteiger partial charge on any atom is -0.481 e. The molecule has 88 valence electrons. The van der Waals surface area contributed by atoms with Gasteiger partial charge in [0.1, 0.15) is 5.82 Å². The average Bonchev–Trinajstić information content (AvgIpc) is 2.75. The molecule has 0 aliphatic carbocycles. The molecule has 7 nitrogen and oxygen atoms in total. The first-order valence-electron chi connectivity index (χ1n) is 4.89. The first-order valence-corrected chi connectivity index (χ1v) is 4.89. The first-order chi connectivity index (χ1) is 8.19. The van der Waals surface area contributed by atoms with Crippen molar-refractivity contribution in [1.29, 1.82) is 0 Å². The van der Waals surface area contributed by atoms with Crippen molar-refractivity contribution in [2.45, 2.75) is 6.92 Å². The number of carbonyl (C=O) groups is 1. The van der Waals surface area contributed by atoms with Gasteiger partial charge in [0, 0.05) is 12.3 Å². The Morgan fingerprint density at radius 1 is 1.47 bits per heavy atom. The normalized spacial score (nSPS) is 10.0. The number of carbonyl (C=O) groups excluding carboxylic acids is 1. The van der Waals surface area contributed by atoms with Gasteiger partial charge in [0.2, 0.25) is 11.8 Å². The second-order valence-electron chi connectivity index (χ2n) is 3.29. The predicted molar refractivity (Wildman–Crippen MR) is 59.9 cm³/mol. The molecule has 0 aliphatic heterocycles. The van der Waals surface area contributed by atoms with Gasteiger partial charge in [-0.25, -0.2) is 4.98 Å². The fourth-order valence-electron chi connectivity index (χ4n) is 1.21. The van der Waals surface area contributed by atoms with Gasteiger partial charge in [-0.05, 0) is 13.0 Å². The Labute approximate surface area is 97.2 Å². The van der Waals surface area contributed by atoms with Gasteiger partial charge >= 0.3 is 0 Å². The fourth-order valence-corrected chi connectivity index (χ4v) is 1.21. The summed E-state index contributed by atoms with van der Waals surface area (Å²) in [5.41, 5.74) is 0.410. The van der Waals surface area contributed by atoms with Crippen LogP contribution in [-0.2, 0) is 0 Å². The number of nitrogens with one attached hydrogen (secondary N) is 2. The first kappa shape index (κ1) is 11.1. The van der Waals surface area contributed by atoms with E-state index in [9.17, 15) is 4.79 Å². The maximum Gasteiger partial charge on any atom is 0.259 e. The number of anilines is 1. The van der Waals surface area contributed by atoms with Crippen LogP contribution >= 0.6 is 0 Å². The van der Waals surface area contributed by atoms with E-state index >= 15 is 0 Å². The van der Waals surface area contributed by atoms with Crippen LogP contribution in [-0.4, -0.2) is 33.2 Å². The Morgan fingerprint density at radius 3 is 2.82 bits per heavy atom. The summed E-state index contributed by atoms with van der Waals surface area (Å²) in [6, 6.07) is 3.22. The van der Waals surface area contributed by atoms with Gasteiger partial charge in [0.05, 0.1) is 12.7 Å². The van der Waals surface area contributed by atoms with Crippen molar-refractivity contribution < 1.29 is 9.53 Å². The smallest absolute Gasteiger partial charge is 0.259 e. The summed E-state index contributed by atoms with van der Waals surface area (Å²) in [6.07, 6.45) is 1.42. The second-order valence-corrected chi connectivity index (χ2v) is 3.29.